The summed E-state index contributed by atoms with van der Waals surface area (Å²) in [6.45, 7) is 0. The number of anilines is 1. The molecule has 4 rings (SSSR count). The molecule has 6 heteroatoms. The lowest BCUT2D eigenvalue weighted by Crippen LogP contribution is -2.13. The summed E-state index contributed by atoms with van der Waals surface area (Å²) in [5.41, 5.74) is 0.501. The third-order valence-corrected chi connectivity index (χ3v) is 5.93. The van der Waals surface area contributed by atoms with Crippen LogP contribution in [0.1, 0.15) is 53.4 Å². The molecular weight excluding hydrogens is 346 g/mol. The molecule has 0 aliphatic heterocycles. The first-order valence-corrected chi connectivity index (χ1v) is 9.78. The van der Waals surface area contributed by atoms with Crippen LogP contribution in [-0.2, 0) is 0 Å². The van der Waals surface area contributed by atoms with E-state index in [1.807, 2.05) is 36.4 Å². The van der Waals surface area contributed by atoms with Crippen molar-refractivity contribution < 1.29 is 9.53 Å². The van der Waals surface area contributed by atoms with Gasteiger partial charge in [-0.05, 0) is 35.7 Å². The number of carbonyl (C=O) groups is 1. The molecule has 1 N–H and O–H groups in total. The standard InChI is InChI=1S/C20H21N3O2S/c1-25-17-12-15-10-6-5-9-14(15)11-16(17)18(24)21-20-23-22-19(26-20)13-7-3-2-4-8-13/h5-6,9-13H,2-4,7-8H2,1H3,(H,21,23,24). The quantitative estimate of drug-likeness (QED) is 0.705. The fraction of sp³-hybridized carbons (Fsp3) is 0.350. The van der Waals surface area contributed by atoms with E-state index in [-0.39, 0.29) is 5.91 Å². The molecule has 0 bridgehead atoms. The van der Waals surface area contributed by atoms with Gasteiger partial charge in [0.25, 0.3) is 5.91 Å². The minimum absolute atomic E-state index is 0.223. The van der Waals surface area contributed by atoms with E-state index in [0.717, 1.165) is 15.8 Å². The topological polar surface area (TPSA) is 64.1 Å². The van der Waals surface area contributed by atoms with Gasteiger partial charge < -0.3 is 4.74 Å². The molecule has 1 aliphatic rings. The van der Waals surface area contributed by atoms with Crippen LogP contribution in [0, 0.1) is 0 Å². The van der Waals surface area contributed by atoms with Crippen molar-refractivity contribution in [3.63, 3.8) is 0 Å². The smallest absolute Gasteiger partial charge is 0.261 e. The summed E-state index contributed by atoms with van der Waals surface area (Å²) in [7, 11) is 1.58. The Balaban J connectivity index is 1.56. The summed E-state index contributed by atoms with van der Waals surface area (Å²) in [6.07, 6.45) is 6.14. The van der Waals surface area contributed by atoms with Crippen LogP contribution in [0.15, 0.2) is 36.4 Å². The van der Waals surface area contributed by atoms with E-state index < -0.39 is 0 Å². The van der Waals surface area contributed by atoms with E-state index in [1.54, 1.807) is 7.11 Å². The first-order valence-electron chi connectivity index (χ1n) is 8.96. The van der Waals surface area contributed by atoms with E-state index in [1.165, 1.54) is 43.4 Å². The van der Waals surface area contributed by atoms with Crippen molar-refractivity contribution in [3.8, 4) is 5.75 Å². The van der Waals surface area contributed by atoms with Gasteiger partial charge >= 0.3 is 0 Å². The number of nitrogens with zero attached hydrogens (tertiary/aromatic N) is 2. The van der Waals surface area contributed by atoms with Crippen LogP contribution in [0.4, 0.5) is 5.13 Å². The molecule has 2 aromatic carbocycles. The van der Waals surface area contributed by atoms with Crippen LogP contribution in [0.3, 0.4) is 0 Å². The molecule has 1 aromatic heterocycles. The Hall–Kier alpha value is -2.47. The number of hydrogen-bond donors (Lipinski definition) is 1. The third-order valence-electron chi connectivity index (χ3n) is 4.93. The summed E-state index contributed by atoms with van der Waals surface area (Å²) in [5.74, 6) is 0.819. The Bertz CT molecular complexity index is 932. The second-order valence-corrected chi connectivity index (χ2v) is 7.64. The lowest BCUT2D eigenvalue weighted by molar-refractivity contribution is 0.102. The molecule has 1 amide bonds. The molecule has 1 saturated carbocycles. The highest BCUT2D eigenvalue weighted by atomic mass is 32.1. The van der Waals surface area contributed by atoms with Crippen LogP contribution in [0.25, 0.3) is 10.8 Å². The van der Waals surface area contributed by atoms with Gasteiger partial charge in [0.2, 0.25) is 5.13 Å². The van der Waals surface area contributed by atoms with Crippen molar-refractivity contribution in [2.45, 2.75) is 38.0 Å². The number of amides is 1. The second kappa shape index (κ2) is 7.41. The zero-order valence-corrected chi connectivity index (χ0v) is 15.5. The van der Waals surface area contributed by atoms with Crippen molar-refractivity contribution in [1.29, 1.82) is 0 Å². The lowest BCUT2D eigenvalue weighted by atomic mass is 9.90. The predicted octanol–water partition coefficient (Wildman–Crippen LogP) is 5.00. The molecule has 0 unspecified atom stereocenters. The number of nitrogens with one attached hydrogen (secondary N) is 1. The maximum atomic E-state index is 12.8. The highest BCUT2D eigenvalue weighted by Crippen LogP contribution is 2.35. The molecule has 134 valence electrons. The van der Waals surface area contributed by atoms with E-state index in [0.29, 0.717) is 22.4 Å². The summed E-state index contributed by atoms with van der Waals surface area (Å²) in [6, 6.07) is 11.6. The lowest BCUT2D eigenvalue weighted by Gasteiger charge is -2.18. The first kappa shape index (κ1) is 17.0. The molecule has 0 spiro atoms. The van der Waals surface area contributed by atoms with Crippen LogP contribution in [-0.4, -0.2) is 23.2 Å². The third kappa shape index (κ3) is 3.42. The maximum absolute atomic E-state index is 12.8. The summed E-state index contributed by atoms with van der Waals surface area (Å²) < 4.78 is 5.42. The summed E-state index contributed by atoms with van der Waals surface area (Å²) in [5, 5.41) is 15.0. The van der Waals surface area contributed by atoms with Gasteiger partial charge in [-0.1, -0.05) is 54.9 Å². The molecule has 5 nitrogen and oxygen atoms in total. The fourth-order valence-corrected chi connectivity index (χ4v) is 4.44. The number of methoxy groups -OCH3 is 1. The number of benzene rings is 2. The molecule has 1 fully saturated rings. The van der Waals surface area contributed by atoms with Gasteiger partial charge in [-0.3, -0.25) is 10.1 Å². The Morgan fingerprint density at radius 1 is 1.12 bits per heavy atom. The number of aromatic nitrogens is 2. The van der Waals surface area contributed by atoms with E-state index >= 15 is 0 Å². The highest BCUT2D eigenvalue weighted by molar-refractivity contribution is 7.15. The van der Waals surface area contributed by atoms with E-state index in [9.17, 15) is 4.79 Å². The summed E-state index contributed by atoms with van der Waals surface area (Å²) >= 11 is 1.48. The zero-order chi connectivity index (χ0) is 17.9. The van der Waals surface area contributed by atoms with E-state index in [2.05, 4.69) is 15.5 Å². The largest absolute Gasteiger partial charge is 0.496 e. The Morgan fingerprint density at radius 2 is 1.85 bits per heavy atom. The van der Waals surface area contributed by atoms with Crippen molar-refractivity contribution >= 4 is 33.1 Å². The molecule has 26 heavy (non-hydrogen) atoms. The average Bonchev–Trinajstić information content (AvgIpc) is 3.16. The van der Waals surface area contributed by atoms with Crippen LogP contribution >= 0.6 is 11.3 Å². The zero-order valence-electron chi connectivity index (χ0n) is 14.7. The Kier molecular flexibility index (Phi) is 4.84. The minimum atomic E-state index is -0.223. The van der Waals surface area contributed by atoms with Crippen molar-refractivity contribution in [1.82, 2.24) is 10.2 Å². The number of carbonyl (C=O) groups excluding carboxylic acids is 1. The van der Waals surface area contributed by atoms with Crippen molar-refractivity contribution in [2.75, 3.05) is 12.4 Å². The second-order valence-electron chi connectivity index (χ2n) is 6.63. The first-order chi connectivity index (χ1) is 12.7. The van der Waals surface area contributed by atoms with Crippen LogP contribution in [0.2, 0.25) is 0 Å². The molecule has 1 aliphatic carbocycles. The molecule has 1 heterocycles. The van der Waals surface area contributed by atoms with Gasteiger partial charge in [0.15, 0.2) is 0 Å². The molecule has 0 saturated heterocycles. The molecule has 3 aromatic rings. The summed E-state index contributed by atoms with van der Waals surface area (Å²) in [4.78, 5) is 12.8. The predicted molar refractivity (Wildman–Crippen MR) is 104 cm³/mol. The number of rotatable bonds is 4. The molecule has 0 radical (unpaired) electrons. The monoisotopic (exact) mass is 367 g/mol. The van der Waals surface area contributed by atoms with Crippen molar-refractivity contribution in [3.05, 3.63) is 47.0 Å². The number of hydrogen-bond acceptors (Lipinski definition) is 5. The SMILES string of the molecule is COc1cc2ccccc2cc1C(=O)Nc1nnc(C2CCCCC2)s1. The normalized spacial score (nSPS) is 15.1. The van der Waals surface area contributed by atoms with Crippen LogP contribution < -0.4 is 10.1 Å². The van der Waals surface area contributed by atoms with Crippen molar-refractivity contribution in [2.24, 2.45) is 0 Å². The maximum Gasteiger partial charge on any atom is 0.261 e. The van der Waals surface area contributed by atoms with E-state index in [4.69, 9.17) is 4.74 Å². The minimum Gasteiger partial charge on any atom is -0.496 e. The Labute approximate surface area is 156 Å². The highest BCUT2D eigenvalue weighted by Gasteiger charge is 2.21. The molecular formula is C20H21N3O2S. The van der Waals surface area contributed by atoms with Gasteiger partial charge in [-0.25, -0.2) is 0 Å². The van der Waals surface area contributed by atoms with Gasteiger partial charge in [-0.15, -0.1) is 10.2 Å². The number of ether oxygens (including phenoxy) is 1. The van der Waals surface area contributed by atoms with Crippen LogP contribution in [0.5, 0.6) is 5.75 Å². The van der Waals surface area contributed by atoms with Gasteiger partial charge in [0.1, 0.15) is 10.8 Å². The van der Waals surface area contributed by atoms with Gasteiger partial charge in [-0.2, -0.15) is 0 Å². The fourth-order valence-electron chi connectivity index (χ4n) is 3.53. The molecule has 0 atom stereocenters. The van der Waals surface area contributed by atoms with Gasteiger partial charge in [0, 0.05) is 5.92 Å². The Morgan fingerprint density at radius 3 is 2.58 bits per heavy atom. The average molecular weight is 367 g/mol. The van der Waals surface area contributed by atoms with Gasteiger partial charge in [0.05, 0.1) is 12.7 Å². The number of fused-ring (bicyclic) bond motifs is 1.